The van der Waals surface area contributed by atoms with Gasteiger partial charge >= 0.3 is 5.97 Å². The fourth-order valence-corrected chi connectivity index (χ4v) is 4.29. The maximum absolute atomic E-state index is 11.5. The molecule has 4 rings (SSSR count). The van der Waals surface area contributed by atoms with Gasteiger partial charge in [-0.2, -0.15) is 0 Å². The molecule has 0 saturated heterocycles. The maximum Gasteiger partial charge on any atom is 0.341 e. The van der Waals surface area contributed by atoms with E-state index in [1.807, 2.05) is 12.1 Å². The van der Waals surface area contributed by atoms with Gasteiger partial charge in [0, 0.05) is 11.6 Å². The Balaban J connectivity index is 1.46. The van der Waals surface area contributed by atoms with Gasteiger partial charge in [0.25, 0.3) is 0 Å². The topological polar surface area (TPSA) is 146 Å². The molecule has 8 nitrogen and oxygen atoms in total. The van der Waals surface area contributed by atoms with E-state index in [9.17, 15) is 9.90 Å². The largest absolute Gasteiger partial charge is 0.486 e. The maximum atomic E-state index is 11.5. The molecule has 2 aliphatic carbocycles. The van der Waals surface area contributed by atoms with Gasteiger partial charge in [-0.05, 0) is 68.2 Å². The first-order valence-electron chi connectivity index (χ1n) is 9.27. The van der Waals surface area contributed by atoms with Gasteiger partial charge in [0.15, 0.2) is 0 Å². The summed E-state index contributed by atoms with van der Waals surface area (Å²) in [6.45, 7) is 1.42. The zero-order chi connectivity index (χ0) is 19.4. The van der Waals surface area contributed by atoms with Crippen molar-refractivity contribution in [3.8, 4) is 5.75 Å². The average molecular weight is 374 g/mol. The summed E-state index contributed by atoms with van der Waals surface area (Å²) < 4.78 is 5.86. The third-order valence-electron chi connectivity index (χ3n) is 6.44. The number of aliphatic carboxylic acids is 1. The molecule has 2 fully saturated rings. The van der Waals surface area contributed by atoms with Crippen molar-refractivity contribution >= 4 is 11.8 Å². The number of hydrogen-bond donors (Lipinski definition) is 4. The summed E-state index contributed by atoms with van der Waals surface area (Å²) in [6.07, 6.45) is 3.62. The van der Waals surface area contributed by atoms with Gasteiger partial charge in [-0.25, -0.2) is 10.7 Å². The van der Waals surface area contributed by atoms with Crippen LogP contribution in [0.5, 0.6) is 5.75 Å². The molecule has 0 bridgehead atoms. The van der Waals surface area contributed by atoms with Crippen LogP contribution in [0, 0.1) is 5.41 Å². The number of amidine groups is 1. The van der Waals surface area contributed by atoms with E-state index in [-0.39, 0.29) is 6.04 Å². The quantitative estimate of drug-likeness (QED) is 0.337. The summed E-state index contributed by atoms with van der Waals surface area (Å²) in [5.41, 5.74) is 12.7. The van der Waals surface area contributed by atoms with Crippen molar-refractivity contribution in [1.29, 1.82) is 0 Å². The van der Waals surface area contributed by atoms with Gasteiger partial charge in [0.05, 0.1) is 6.04 Å². The van der Waals surface area contributed by atoms with E-state index in [1.54, 1.807) is 6.07 Å². The lowest BCUT2D eigenvalue weighted by atomic mass is 9.76. The van der Waals surface area contributed by atoms with Crippen LogP contribution in [0.1, 0.15) is 43.7 Å². The third kappa shape index (κ3) is 2.97. The SMILES string of the molecule is C[C@@](ON)(C(=O)O)[C@H]1CCc2cc(C(N)=NC3CC4(C3)C[C@@H]4N)ccc2O1. The second-order valence-electron chi connectivity index (χ2n) is 8.25. The molecule has 27 heavy (non-hydrogen) atoms. The summed E-state index contributed by atoms with van der Waals surface area (Å²) in [4.78, 5) is 20.9. The Morgan fingerprint density at radius 3 is 2.70 bits per heavy atom. The molecule has 0 amide bonds. The molecule has 3 aliphatic rings. The molecule has 1 heterocycles. The minimum absolute atomic E-state index is 0.258. The Hall–Kier alpha value is -2.16. The molecule has 1 aliphatic heterocycles. The Kier molecular flexibility index (Phi) is 4.17. The summed E-state index contributed by atoms with van der Waals surface area (Å²) in [6, 6.07) is 6.21. The summed E-state index contributed by atoms with van der Waals surface area (Å²) >= 11 is 0. The summed E-state index contributed by atoms with van der Waals surface area (Å²) in [7, 11) is 0. The number of aliphatic imine (C=N–C) groups is 1. The van der Waals surface area contributed by atoms with Crippen molar-refractivity contribution in [2.75, 3.05) is 0 Å². The van der Waals surface area contributed by atoms with E-state index in [0.29, 0.717) is 35.9 Å². The number of rotatable bonds is 5. The molecule has 2 saturated carbocycles. The Morgan fingerprint density at radius 1 is 1.41 bits per heavy atom. The van der Waals surface area contributed by atoms with E-state index in [0.717, 1.165) is 30.4 Å². The molecule has 8 heteroatoms. The molecule has 146 valence electrons. The van der Waals surface area contributed by atoms with Crippen LogP contribution < -0.4 is 22.1 Å². The van der Waals surface area contributed by atoms with Crippen molar-refractivity contribution in [2.45, 2.75) is 62.8 Å². The highest BCUT2D eigenvalue weighted by Gasteiger charge is 2.60. The van der Waals surface area contributed by atoms with Crippen molar-refractivity contribution in [1.82, 2.24) is 0 Å². The monoisotopic (exact) mass is 374 g/mol. The van der Waals surface area contributed by atoms with Crippen molar-refractivity contribution in [3.63, 3.8) is 0 Å². The van der Waals surface area contributed by atoms with Gasteiger partial charge in [0.1, 0.15) is 17.7 Å². The first kappa shape index (κ1) is 18.2. The van der Waals surface area contributed by atoms with Gasteiger partial charge in [-0.1, -0.05) is 0 Å². The number of carboxylic acid groups (broad SMARTS) is 1. The van der Waals surface area contributed by atoms with Gasteiger partial charge < -0.3 is 21.3 Å². The Labute approximate surface area is 157 Å². The van der Waals surface area contributed by atoms with Crippen molar-refractivity contribution < 1.29 is 19.5 Å². The Morgan fingerprint density at radius 2 is 2.11 bits per heavy atom. The van der Waals surface area contributed by atoms with Crippen LogP contribution >= 0.6 is 0 Å². The lowest BCUT2D eigenvalue weighted by Gasteiger charge is -2.35. The average Bonchev–Trinajstić information content (AvgIpc) is 3.30. The molecule has 0 radical (unpaired) electrons. The standard InChI is InChI=1S/C19H26N4O4/c1-18(27-22,17(24)25)15-5-3-10-6-11(2-4-13(10)26-15)16(21)23-12-7-19(8-12)9-14(19)20/h2,4,6,12,14-15H,3,5,7-9,20,22H2,1H3,(H2,21,23)(H,24,25)/t12?,14-,15+,18-,19?/m0/s1. The van der Waals surface area contributed by atoms with Crippen molar-refractivity contribution in [3.05, 3.63) is 29.3 Å². The molecule has 1 spiro atoms. The number of nitrogens with two attached hydrogens (primary N) is 3. The predicted octanol–water partition coefficient (Wildman–Crippen LogP) is 0.699. The number of carboxylic acids is 1. The molecule has 1 aromatic carbocycles. The van der Waals surface area contributed by atoms with E-state index in [4.69, 9.17) is 26.9 Å². The second kappa shape index (κ2) is 6.19. The lowest BCUT2D eigenvalue weighted by Crippen LogP contribution is -2.54. The van der Waals surface area contributed by atoms with Crippen LogP contribution in [0.4, 0.5) is 0 Å². The fraction of sp³-hybridized carbons (Fsp3) is 0.579. The molecule has 3 atom stereocenters. The summed E-state index contributed by atoms with van der Waals surface area (Å²) in [5.74, 6) is 5.21. The van der Waals surface area contributed by atoms with Gasteiger partial charge in [-0.15, -0.1) is 0 Å². The Bertz CT molecular complexity index is 805. The lowest BCUT2D eigenvalue weighted by molar-refractivity contribution is -0.179. The number of hydrogen-bond acceptors (Lipinski definition) is 6. The van der Waals surface area contributed by atoms with E-state index >= 15 is 0 Å². The first-order valence-corrected chi connectivity index (χ1v) is 9.27. The van der Waals surface area contributed by atoms with Crippen LogP contribution in [0.2, 0.25) is 0 Å². The summed E-state index contributed by atoms with van der Waals surface area (Å²) in [5, 5.41) is 9.39. The van der Waals surface area contributed by atoms with Crippen LogP contribution in [-0.2, 0) is 16.1 Å². The fourth-order valence-electron chi connectivity index (χ4n) is 4.29. The molecule has 1 aromatic rings. The predicted molar refractivity (Wildman–Crippen MR) is 99.3 cm³/mol. The number of fused-ring (bicyclic) bond motifs is 1. The zero-order valence-corrected chi connectivity index (χ0v) is 15.4. The van der Waals surface area contributed by atoms with E-state index in [1.165, 1.54) is 6.92 Å². The van der Waals surface area contributed by atoms with E-state index < -0.39 is 17.7 Å². The normalized spacial score (nSPS) is 34.2. The second-order valence-corrected chi connectivity index (χ2v) is 8.25. The van der Waals surface area contributed by atoms with Crippen LogP contribution in [0.3, 0.4) is 0 Å². The van der Waals surface area contributed by atoms with Gasteiger partial charge in [-0.3, -0.25) is 9.83 Å². The molecular weight excluding hydrogens is 348 g/mol. The number of nitrogens with zero attached hydrogens (tertiary/aromatic N) is 1. The smallest absolute Gasteiger partial charge is 0.341 e. The number of ether oxygens (including phenoxy) is 1. The van der Waals surface area contributed by atoms with Crippen LogP contribution in [-0.4, -0.2) is 40.7 Å². The van der Waals surface area contributed by atoms with E-state index in [2.05, 4.69) is 4.99 Å². The molecular formula is C19H26N4O4. The minimum atomic E-state index is -1.60. The van der Waals surface area contributed by atoms with Gasteiger partial charge in [0.2, 0.25) is 5.60 Å². The highest BCUT2D eigenvalue weighted by atomic mass is 16.7. The highest BCUT2D eigenvalue weighted by molar-refractivity contribution is 5.98. The highest BCUT2D eigenvalue weighted by Crippen LogP contribution is 2.60. The molecule has 0 unspecified atom stereocenters. The van der Waals surface area contributed by atoms with Crippen LogP contribution in [0.15, 0.2) is 23.2 Å². The number of benzene rings is 1. The molecule has 0 aromatic heterocycles. The minimum Gasteiger partial charge on any atom is -0.486 e. The molecule has 7 N–H and O–H groups in total. The van der Waals surface area contributed by atoms with Crippen LogP contribution in [0.25, 0.3) is 0 Å². The number of aryl methyl sites for hydroxylation is 1. The van der Waals surface area contributed by atoms with Crippen molar-refractivity contribution in [2.24, 2.45) is 27.8 Å². The zero-order valence-electron chi connectivity index (χ0n) is 15.4. The first-order chi connectivity index (χ1) is 12.8. The third-order valence-corrected chi connectivity index (χ3v) is 6.44. The number of carbonyl (C=O) groups is 1.